The Morgan fingerprint density at radius 2 is 1.68 bits per heavy atom. The second-order valence-electron chi connectivity index (χ2n) is 7.52. The van der Waals surface area contributed by atoms with E-state index in [1.807, 2.05) is 0 Å². The van der Waals surface area contributed by atoms with E-state index in [1.165, 1.54) is 29.1 Å². The molecule has 1 atom stereocenters. The van der Waals surface area contributed by atoms with Crippen LogP contribution in [-0.2, 0) is 5.60 Å². The Labute approximate surface area is 175 Å². The third kappa shape index (κ3) is 3.33. The Bertz CT molecular complexity index is 1110. The van der Waals surface area contributed by atoms with E-state index in [4.69, 9.17) is 0 Å². The van der Waals surface area contributed by atoms with Gasteiger partial charge in [0.25, 0.3) is 0 Å². The molecule has 0 radical (unpaired) electrons. The predicted molar refractivity (Wildman–Crippen MR) is 105 cm³/mol. The van der Waals surface area contributed by atoms with Gasteiger partial charge in [0.1, 0.15) is 5.82 Å². The van der Waals surface area contributed by atoms with Crippen LogP contribution in [0.2, 0.25) is 0 Å². The van der Waals surface area contributed by atoms with Crippen molar-refractivity contribution < 1.29 is 32.9 Å². The maximum absolute atomic E-state index is 14.5. The summed E-state index contributed by atoms with van der Waals surface area (Å²) >= 11 is 0. The minimum absolute atomic E-state index is 0.0947. The molecule has 3 aromatic rings. The smallest absolute Gasteiger partial charge is 0.396 e. The van der Waals surface area contributed by atoms with E-state index in [9.17, 15) is 32.9 Å². The molecule has 0 fully saturated rings. The van der Waals surface area contributed by atoms with Gasteiger partial charge in [-0.15, -0.1) is 0 Å². The van der Waals surface area contributed by atoms with Crippen LogP contribution < -0.4 is 0 Å². The average Bonchev–Trinajstić information content (AvgIpc) is 3.30. The summed E-state index contributed by atoms with van der Waals surface area (Å²) in [4.78, 5) is 0. The molecule has 0 aliphatic heterocycles. The number of benzene rings is 2. The number of nitrogens with zero attached hydrogens (tertiary/aromatic N) is 2. The second-order valence-corrected chi connectivity index (χ2v) is 7.52. The van der Waals surface area contributed by atoms with Crippen LogP contribution in [0.1, 0.15) is 30.0 Å². The van der Waals surface area contributed by atoms with E-state index in [0.717, 1.165) is 12.1 Å². The van der Waals surface area contributed by atoms with Crippen LogP contribution in [0.4, 0.5) is 17.6 Å². The van der Waals surface area contributed by atoms with Gasteiger partial charge in [-0.05, 0) is 41.7 Å². The number of aliphatic hydroxyl groups excluding tert-OH is 2. The molecule has 0 spiro atoms. The average molecular weight is 436 g/mol. The lowest BCUT2D eigenvalue weighted by atomic mass is 9.89. The predicted octanol–water partition coefficient (Wildman–Crippen LogP) is 3.77. The van der Waals surface area contributed by atoms with E-state index >= 15 is 0 Å². The molecule has 2 aromatic carbocycles. The number of fused-ring (bicyclic) bond motifs is 3. The Morgan fingerprint density at radius 3 is 2.32 bits per heavy atom. The molecule has 31 heavy (non-hydrogen) atoms. The number of halogens is 4. The summed E-state index contributed by atoms with van der Waals surface area (Å²) in [5.41, 5.74) is -3.46. The fraction of sp³-hybridized carbons (Fsp3) is 0.318. The lowest BCUT2D eigenvalue weighted by Gasteiger charge is -2.28. The summed E-state index contributed by atoms with van der Waals surface area (Å²) in [7, 11) is 0. The normalized spacial score (nSPS) is 17.8. The van der Waals surface area contributed by atoms with E-state index in [0.29, 0.717) is 18.4 Å². The van der Waals surface area contributed by atoms with Crippen LogP contribution >= 0.6 is 0 Å². The van der Waals surface area contributed by atoms with Crippen LogP contribution in [0.3, 0.4) is 0 Å². The zero-order chi connectivity index (χ0) is 22.4. The Hall–Kier alpha value is -2.75. The summed E-state index contributed by atoms with van der Waals surface area (Å²) in [5, 5.41) is 33.5. The monoisotopic (exact) mass is 436 g/mol. The van der Waals surface area contributed by atoms with Gasteiger partial charge in [-0.3, -0.25) is 4.68 Å². The van der Waals surface area contributed by atoms with Gasteiger partial charge in [0.2, 0.25) is 5.60 Å². The van der Waals surface area contributed by atoms with Gasteiger partial charge in [-0.2, -0.15) is 18.3 Å². The van der Waals surface area contributed by atoms with Gasteiger partial charge in [-0.1, -0.05) is 24.3 Å². The first-order chi connectivity index (χ1) is 14.7. The van der Waals surface area contributed by atoms with Crippen LogP contribution in [0.5, 0.6) is 0 Å². The zero-order valence-corrected chi connectivity index (χ0v) is 16.3. The van der Waals surface area contributed by atoms with Crippen molar-refractivity contribution in [2.45, 2.75) is 30.7 Å². The summed E-state index contributed by atoms with van der Waals surface area (Å²) in [5.74, 6) is -0.917. The van der Waals surface area contributed by atoms with Crippen molar-refractivity contribution >= 4 is 0 Å². The fourth-order valence-electron chi connectivity index (χ4n) is 4.26. The molecule has 0 amide bonds. The number of hydrogen-bond donors (Lipinski definition) is 3. The molecular formula is C22H20F4N2O3. The standard InChI is InChI=1S/C22H20F4N2O3/c23-14-9-17(13-11-27-28(12-13)15(5-7-29)6-8-30)20-16-3-1-2-4-18(16)21(31,19(20)10-14)22(24,25)26/h1-4,9-12,15,29-31H,5-8H2/t21-/m1/s1. The summed E-state index contributed by atoms with van der Waals surface area (Å²) in [6.45, 7) is -0.275. The molecule has 1 aliphatic rings. The van der Waals surface area contributed by atoms with Gasteiger partial charge in [0.05, 0.1) is 12.2 Å². The minimum Gasteiger partial charge on any atom is -0.396 e. The number of aromatic nitrogens is 2. The van der Waals surface area contributed by atoms with Crippen molar-refractivity contribution in [2.75, 3.05) is 13.2 Å². The molecule has 0 saturated carbocycles. The highest BCUT2D eigenvalue weighted by atomic mass is 19.4. The number of alkyl halides is 3. The quantitative estimate of drug-likeness (QED) is 0.514. The molecule has 0 saturated heterocycles. The van der Waals surface area contributed by atoms with Crippen molar-refractivity contribution in [3.05, 3.63) is 65.7 Å². The molecule has 1 aromatic heterocycles. The molecule has 3 N–H and O–H groups in total. The summed E-state index contributed by atoms with van der Waals surface area (Å²) < 4.78 is 58.0. The molecule has 0 unspecified atom stereocenters. The van der Waals surface area contributed by atoms with E-state index in [1.54, 1.807) is 12.3 Å². The van der Waals surface area contributed by atoms with Gasteiger partial charge in [0, 0.05) is 36.1 Å². The van der Waals surface area contributed by atoms with Crippen molar-refractivity contribution in [1.29, 1.82) is 0 Å². The van der Waals surface area contributed by atoms with Crippen molar-refractivity contribution in [3.8, 4) is 22.3 Å². The molecular weight excluding hydrogens is 416 g/mol. The fourth-order valence-corrected chi connectivity index (χ4v) is 4.26. The van der Waals surface area contributed by atoms with E-state index in [2.05, 4.69) is 5.10 Å². The number of rotatable bonds is 6. The first-order valence-corrected chi connectivity index (χ1v) is 9.71. The van der Waals surface area contributed by atoms with E-state index in [-0.39, 0.29) is 41.5 Å². The first-order valence-electron chi connectivity index (χ1n) is 9.71. The SMILES string of the molecule is OCCC(CCO)n1cc(-c2cc(F)cc3c2-c2ccccc2[C@]3(O)C(F)(F)F)cn1. The van der Waals surface area contributed by atoms with Crippen LogP contribution in [0, 0.1) is 5.82 Å². The molecule has 0 bridgehead atoms. The highest BCUT2D eigenvalue weighted by Gasteiger charge is 2.61. The van der Waals surface area contributed by atoms with Gasteiger partial charge in [0.15, 0.2) is 0 Å². The molecule has 9 heteroatoms. The lowest BCUT2D eigenvalue weighted by molar-refractivity contribution is -0.246. The van der Waals surface area contributed by atoms with Gasteiger partial charge in [-0.25, -0.2) is 4.39 Å². The zero-order valence-electron chi connectivity index (χ0n) is 16.3. The molecule has 4 rings (SSSR count). The van der Waals surface area contributed by atoms with Crippen molar-refractivity contribution in [2.24, 2.45) is 0 Å². The lowest BCUT2D eigenvalue weighted by Crippen LogP contribution is -2.41. The summed E-state index contributed by atoms with van der Waals surface area (Å²) in [6, 6.07) is 7.11. The molecule has 1 aliphatic carbocycles. The Kier molecular flexibility index (Phi) is 5.36. The van der Waals surface area contributed by atoms with Crippen molar-refractivity contribution in [1.82, 2.24) is 9.78 Å². The molecule has 1 heterocycles. The van der Waals surface area contributed by atoms with Crippen LogP contribution in [0.25, 0.3) is 22.3 Å². The number of hydrogen-bond acceptors (Lipinski definition) is 4. The molecule has 5 nitrogen and oxygen atoms in total. The van der Waals surface area contributed by atoms with Crippen molar-refractivity contribution in [3.63, 3.8) is 0 Å². The third-order valence-corrected chi connectivity index (χ3v) is 5.70. The maximum atomic E-state index is 14.5. The Morgan fingerprint density at radius 1 is 1.00 bits per heavy atom. The largest absolute Gasteiger partial charge is 0.425 e. The third-order valence-electron chi connectivity index (χ3n) is 5.70. The highest BCUT2D eigenvalue weighted by molar-refractivity contribution is 5.92. The topological polar surface area (TPSA) is 78.5 Å². The van der Waals surface area contributed by atoms with Crippen LogP contribution in [0.15, 0.2) is 48.8 Å². The second kappa shape index (κ2) is 7.74. The minimum atomic E-state index is -5.06. The van der Waals surface area contributed by atoms with Gasteiger partial charge < -0.3 is 15.3 Å². The van der Waals surface area contributed by atoms with Crippen LogP contribution in [-0.4, -0.2) is 44.5 Å². The highest BCUT2D eigenvalue weighted by Crippen LogP contribution is 2.57. The maximum Gasteiger partial charge on any atom is 0.425 e. The first kappa shape index (κ1) is 21.5. The summed E-state index contributed by atoms with van der Waals surface area (Å²) in [6.07, 6.45) is -1.49. The molecule has 164 valence electrons. The Balaban J connectivity index is 1.93. The van der Waals surface area contributed by atoms with Gasteiger partial charge >= 0.3 is 6.18 Å². The van der Waals surface area contributed by atoms with E-state index < -0.39 is 23.2 Å². The number of aliphatic hydroxyl groups is 3.